The quantitative estimate of drug-likeness (QED) is 0.507. The van der Waals surface area contributed by atoms with Crippen molar-refractivity contribution in [3.8, 4) is 10.7 Å². The van der Waals surface area contributed by atoms with E-state index in [4.69, 9.17) is 0 Å². The summed E-state index contributed by atoms with van der Waals surface area (Å²) in [5.74, 6) is 3.15. The molecular weight excluding hydrogens is 211 g/mol. The van der Waals surface area contributed by atoms with E-state index in [0.29, 0.717) is 15.0 Å². The van der Waals surface area contributed by atoms with E-state index in [9.17, 15) is 0 Å². The summed E-state index contributed by atoms with van der Waals surface area (Å²) in [6.45, 7) is 4.42. The molecule has 0 nitrogen and oxygen atoms in total. The van der Waals surface area contributed by atoms with Gasteiger partial charge in [-0.1, -0.05) is 0 Å². The Morgan fingerprint density at radius 2 is 1.83 bits per heavy atom. The molecule has 0 unspecified atom stereocenters. The summed E-state index contributed by atoms with van der Waals surface area (Å²) < 4.78 is 0. The van der Waals surface area contributed by atoms with Crippen molar-refractivity contribution in [2.45, 2.75) is 18.7 Å². The summed E-state index contributed by atoms with van der Waals surface area (Å²) in [5, 5.41) is 0. The van der Waals surface area contributed by atoms with Crippen molar-refractivity contribution in [2.24, 2.45) is 0 Å². The van der Waals surface area contributed by atoms with Gasteiger partial charge in [0, 0.05) is 0 Å². The molecule has 0 aliphatic rings. The molecule has 1 aromatic carbocycles. The molecule has 0 aromatic heterocycles. The summed E-state index contributed by atoms with van der Waals surface area (Å²) in [5.41, 5.74) is 1.13. The van der Waals surface area contributed by atoms with Gasteiger partial charge < -0.3 is 0 Å². The van der Waals surface area contributed by atoms with Crippen LogP contribution in [0.25, 0.3) is 0 Å². The Morgan fingerprint density at radius 3 is 2.42 bits per heavy atom. The van der Waals surface area contributed by atoms with Crippen molar-refractivity contribution in [1.29, 1.82) is 0 Å². The van der Waals surface area contributed by atoms with Crippen LogP contribution in [0.4, 0.5) is 0 Å². The van der Waals surface area contributed by atoms with E-state index < -0.39 is 0 Å². The first kappa shape index (κ1) is 9.39. The third-order valence-electron chi connectivity index (χ3n) is 1.26. The van der Waals surface area contributed by atoms with Gasteiger partial charge >= 0.3 is 80.3 Å². The Balaban J connectivity index is 2.55. The van der Waals surface area contributed by atoms with Crippen LogP contribution in [0.15, 0.2) is 30.3 Å². The zero-order chi connectivity index (χ0) is 8.81. The Kier molecular flexibility index (Phi) is 3.94. The zero-order valence-corrected chi connectivity index (χ0v) is 9.09. The van der Waals surface area contributed by atoms with Gasteiger partial charge in [-0.15, -0.1) is 0 Å². The Labute approximate surface area is 80.5 Å². The molecule has 62 valence electrons. The number of hydrogen-bond donors (Lipinski definition) is 0. The van der Waals surface area contributed by atoms with Crippen LogP contribution in [-0.2, 0) is 0 Å². The molecule has 0 saturated carbocycles. The Morgan fingerprint density at radius 1 is 1.17 bits per heavy atom. The number of benzene rings is 1. The maximum atomic E-state index is 3.21. The van der Waals surface area contributed by atoms with E-state index >= 15 is 0 Å². The molecule has 0 heterocycles. The minimum atomic E-state index is 0.468. The fourth-order valence-corrected chi connectivity index (χ4v) is 1.59. The van der Waals surface area contributed by atoms with Gasteiger partial charge in [-0.25, -0.2) is 0 Å². The second-order valence-corrected chi connectivity index (χ2v) is 5.66. The predicted molar refractivity (Wildman–Crippen MR) is 54.2 cm³/mol. The van der Waals surface area contributed by atoms with Crippen LogP contribution in [0, 0.1) is 10.7 Å². The molecule has 0 N–H and O–H groups in total. The normalized spacial score (nSPS) is 9.25. The Bertz CT molecular complexity index is 277. The molecule has 0 aliphatic heterocycles. The average Bonchev–Trinajstić information content (AvgIpc) is 2.05. The van der Waals surface area contributed by atoms with Crippen LogP contribution >= 0.6 is 0 Å². The van der Waals surface area contributed by atoms with Crippen molar-refractivity contribution < 1.29 is 0 Å². The molecule has 0 aliphatic carbocycles. The second-order valence-electron chi connectivity index (χ2n) is 2.76. The summed E-state index contributed by atoms with van der Waals surface area (Å²) in [6.07, 6.45) is 0. The summed E-state index contributed by atoms with van der Waals surface area (Å²) in [6, 6.07) is 10.1. The summed E-state index contributed by atoms with van der Waals surface area (Å²) in [4.78, 5) is 3.94. The van der Waals surface area contributed by atoms with Gasteiger partial charge in [0.2, 0.25) is 0 Å². The van der Waals surface area contributed by atoms with Gasteiger partial charge in [0.25, 0.3) is 0 Å². The van der Waals surface area contributed by atoms with E-state index in [1.165, 1.54) is 0 Å². The molecule has 0 spiro atoms. The van der Waals surface area contributed by atoms with Gasteiger partial charge in [-0.3, -0.25) is 0 Å². The van der Waals surface area contributed by atoms with E-state index in [1.807, 2.05) is 30.3 Å². The first-order chi connectivity index (χ1) is 5.79. The molecule has 0 amide bonds. The van der Waals surface area contributed by atoms with Gasteiger partial charge in [0.1, 0.15) is 0 Å². The van der Waals surface area contributed by atoms with Crippen molar-refractivity contribution in [3.63, 3.8) is 0 Å². The molecule has 0 saturated heterocycles. The molecule has 0 radical (unpaired) electrons. The van der Waals surface area contributed by atoms with Crippen LogP contribution in [0.2, 0.25) is 4.82 Å². The van der Waals surface area contributed by atoms with E-state index in [0.717, 1.165) is 10.4 Å². The molecule has 12 heavy (non-hydrogen) atoms. The van der Waals surface area contributed by atoms with Crippen molar-refractivity contribution in [2.75, 3.05) is 0 Å². The van der Waals surface area contributed by atoms with Crippen LogP contribution in [0.1, 0.15) is 19.4 Å². The SMILES string of the molecule is CC(C)[Se]C#Cc1ccccc1. The molecule has 1 rings (SSSR count). The van der Waals surface area contributed by atoms with Crippen molar-refractivity contribution in [1.82, 2.24) is 0 Å². The van der Waals surface area contributed by atoms with Crippen LogP contribution < -0.4 is 0 Å². The topological polar surface area (TPSA) is 0 Å². The number of hydrogen-bond acceptors (Lipinski definition) is 0. The number of rotatable bonds is 1. The second kappa shape index (κ2) is 5.04. The maximum absolute atomic E-state index is 3.21. The molecule has 0 fully saturated rings. The summed E-state index contributed by atoms with van der Waals surface area (Å²) >= 11 is 0.468. The zero-order valence-electron chi connectivity index (χ0n) is 7.37. The standard InChI is InChI=1S/C11H12Se/c1-10(2)12-9-8-11-6-4-3-5-7-11/h3-7,10H,1-2H3. The molecule has 0 atom stereocenters. The fourth-order valence-electron chi connectivity index (χ4n) is 0.728. The Hall–Kier alpha value is -0.701. The summed E-state index contributed by atoms with van der Waals surface area (Å²) in [7, 11) is 0. The molecule has 1 aromatic rings. The van der Waals surface area contributed by atoms with Crippen LogP contribution in [0.5, 0.6) is 0 Å². The van der Waals surface area contributed by atoms with Gasteiger partial charge in [0.05, 0.1) is 0 Å². The third-order valence-corrected chi connectivity index (χ3v) is 2.71. The van der Waals surface area contributed by atoms with E-state index in [-0.39, 0.29) is 0 Å². The van der Waals surface area contributed by atoms with Crippen molar-refractivity contribution >= 4 is 15.0 Å². The van der Waals surface area contributed by atoms with Crippen LogP contribution in [0.3, 0.4) is 0 Å². The molecular formula is C11H12Se. The van der Waals surface area contributed by atoms with Crippen LogP contribution in [-0.4, -0.2) is 15.0 Å². The van der Waals surface area contributed by atoms with E-state index in [1.54, 1.807) is 0 Å². The first-order valence-electron chi connectivity index (χ1n) is 4.01. The van der Waals surface area contributed by atoms with Gasteiger partial charge in [-0.05, 0) is 0 Å². The monoisotopic (exact) mass is 224 g/mol. The fraction of sp³-hybridized carbons (Fsp3) is 0.273. The van der Waals surface area contributed by atoms with Gasteiger partial charge in [-0.2, -0.15) is 0 Å². The third kappa shape index (κ3) is 3.62. The van der Waals surface area contributed by atoms with Crippen molar-refractivity contribution in [3.05, 3.63) is 35.9 Å². The molecule has 1 heteroatoms. The predicted octanol–water partition coefficient (Wildman–Crippen LogP) is 2.53. The van der Waals surface area contributed by atoms with E-state index in [2.05, 4.69) is 24.6 Å². The average molecular weight is 223 g/mol. The minimum absolute atomic E-state index is 0.468. The van der Waals surface area contributed by atoms with Gasteiger partial charge in [0.15, 0.2) is 0 Å². The first-order valence-corrected chi connectivity index (χ1v) is 5.85. The molecule has 0 bridgehead atoms.